The van der Waals surface area contributed by atoms with Gasteiger partial charge in [-0.1, -0.05) is 0 Å². The summed E-state index contributed by atoms with van der Waals surface area (Å²) in [5, 5.41) is 5.65. The highest BCUT2D eigenvalue weighted by Crippen LogP contribution is 2.33. The molecular weight excluding hydrogens is 300 g/mol. The molecule has 23 heavy (non-hydrogen) atoms. The Balaban J connectivity index is 2.22. The summed E-state index contributed by atoms with van der Waals surface area (Å²) in [6.45, 7) is 2.97. The molecule has 1 aromatic rings. The van der Waals surface area contributed by atoms with Crippen LogP contribution in [0.3, 0.4) is 0 Å². The molecule has 1 heterocycles. The molecule has 0 bridgehead atoms. The molecule has 0 saturated heterocycles. The van der Waals surface area contributed by atoms with Crippen LogP contribution in [-0.4, -0.2) is 38.7 Å². The Bertz CT molecular complexity index is 613. The van der Waals surface area contributed by atoms with Gasteiger partial charge in [0, 0.05) is 44.0 Å². The summed E-state index contributed by atoms with van der Waals surface area (Å²) in [5.74, 6) is 0.117. The molecule has 0 fully saturated rings. The molecule has 0 saturated carbocycles. The van der Waals surface area contributed by atoms with Crippen molar-refractivity contribution in [2.75, 3.05) is 32.4 Å². The van der Waals surface area contributed by atoms with Crippen molar-refractivity contribution >= 4 is 17.4 Å². The fraction of sp³-hybridized carbons (Fsp3) is 0.375. The Morgan fingerprint density at radius 3 is 2.96 bits per heavy atom. The van der Waals surface area contributed by atoms with Crippen molar-refractivity contribution in [1.82, 2.24) is 5.32 Å². The van der Waals surface area contributed by atoms with Gasteiger partial charge in [-0.2, -0.15) is 0 Å². The second-order valence-electron chi connectivity index (χ2n) is 4.90. The van der Waals surface area contributed by atoms with Crippen LogP contribution in [-0.2, 0) is 20.9 Å². The molecule has 1 aromatic carbocycles. The first-order valence-electron chi connectivity index (χ1n) is 7.20. The highest BCUT2D eigenvalue weighted by molar-refractivity contribution is 6.11. The van der Waals surface area contributed by atoms with E-state index in [-0.39, 0.29) is 25.1 Å². The fourth-order valence-corrected chi connectivity index (χ4v) is 2.15. The highest BCUT2D eigenvalue weighted by Gasteiger charge is 2.21. The van der Waals surface area contributed by atoms with E-state index in [9.17, 15) is 9.59 Å². The van der Waals surface area contributed by atoms with E-state index in [4.69, 9.17) is 14.2 Å². The van der Waals surface area contributed by atoms with Gasteiger partial charge in [0.25, 0.3) is 0 Å². The zero-order valence-electron chi connectivity index (χ0n) is 13.2. The Labute approximate surface area is 134 Å². The van der Waals surface area contributed by atoms with Crippen LogP contribution in [0.5, 0.6) is 5.75 Å². The van der Waals surface area contributed by atoms with Gasteiger partial charge in [0.2, 0.25) is 5.91 Å². The molecule has 2 rings (SSSR count). The molecular formula is C16H20N2O5. The number of ether oxygens (including phenoxy) is 3. The van der Waals surface area contributed by atoms with E-state index >= 15 is 0 Å². The van der Waals surface area contributed by atoms with Crippen molar-refractivity contribution in [2.24, 2.45) is 0 Å². The number of rotatable bonds is 7. The van der Waals surface area contributed by atoms with Crippen LogP contribution < -0.4 is 15.4 Å². The predicted octanol–water partition coefficient (Wildman–Crippen LogP) is 1.44. The lowest BCUT2D eigenvalue weighted by molar-refractivity contribution is -0.114. The molecule has 1 aliphatic heterocycles. The van der Waals surface area contributed by atoms with Gasteiger partial charge < -0.3 is 24.8 Å². The molecule has 1 amide bonds. The minimum absolute atomic E-state index is 0.156. The van der Waals surface area contributed by atoms with Crippen LogP contribution in [0.25, 0.3) is 0 Å². The maximum absolute atomic E-state index is 12.4. The van der Waals surface area contributed by atoms with Crippen molar-refractivity contribution in [3.63, 3.8) is 0 Å². The minimum Gasteiger partial charge on any atom is -0.467 e. The normalized spacial score (nSPS) is 13.3. The molecule has 0 spiro atoms. The van der Waals surface area contributed by atoms with E-state index in [0.29, 0.717) is 35.7 Å². The first-order chi connectivity index (χ1) is 11.1. The van der Waals surface area contributed by atoms with E-state index in [1.165, 1.54) is 13.0 Å². The maximum Gasteiger partial charge on any atom is 0.221 e. The quantitative estimate of drug-likeness (QED) is 0.449. The summed E-state index contributed by atoms with van der Waals surface area (Å²) in [4.78, 5) is 23.8. The Morgan fingerprint density at radius 1 is 1.39 bits per heavy atom. The van der Waals surface area contributed by atoms with Crippen molar-refractivity contribution < 1.29 is 23.8 Å². The third-order valence-electron chi connectivity index (χ3n) is 3.18. The van der Waals surface area contributed by atoms with Crippen LogP contribution in [0.1, 0.15) is 22.8 Å². The van der Waals surface area contributed by atoms with Crippen LogP contribution in [0.2, 0.25) is 0 Å². The van der Waals surface area contributed by atoms with Gasteiger partial charge >= 0.3 is 0 Å². The van der Waals surface area contributed by atoms with Gasteiger partial charge in [-0.15, -0.1) is 0 Å². The molecule has 1 aliphatic rings. The van der Waals surface area contributed by atoms with Crippen molar-refractivity contribution in [1.29, 1.82) is 0 Å². The van der Waals surface area contributed by atoms with Gasteiger partial charge in [-0.3, -0.25) is 9.59 Å². The lowest BCUT2D eigenvalue weighted by atomic mass is 10.0. The van der Waals surface area contributed by atoms with Gasteiger partial charge in [-0.05, 0) is 12.1 Å². The van der Waals surface area contributed by atoms with Crippen molar-refractivity contribution in [3.8, 4) is 5.75 Å². The van der Waals surface area contributed by atoms with Crippen LogP contribution in [0, 0.1) is 0 Å². The van der Waals surface area contributed by atoms with Gasteiger partial charge in [-0.25, -0.2) is 0 Å². The standard InChI is InChI=1S/C16H20N2O5/c1-11(19)18-16-12(14(20)5-6-17-7-8-21-2)3-4-15-13(16)9-22-10-23-15/h3-6,17H,7-10H2,1-2H3,(H,18,19). The second-order valence-corrected chi connectivity index (χ2v) is 4.90. The van der Waals surface area contributed by atoms with E-state index in [2.05, 4.69) is 10.6 Å². The smallest absolute Gasteiger partial charge is 0.221 e. The topological polar surface area (TPSA) is 85.9 Å². The number of fused-ring (bicyclic) bond motifs is 1. The second kappa shape index (κ2) is 8.30. The Morgan fingerprint density at radius 2 is 2.22 bits per heavy atom. The molecule has 0 radical (unpaired) electrons. The van der Waals surface area contributed by atoms with Crippen LogP contribution >= 0.6 is 0 Å². The number of benzene rings is 1. The largest absolute Gasteiger partial charge is 0.467 e. The summed E-state index contributed by atoms with van der Waals surface area (Å²) in [7, 11) is 1.60. The zero-order valence-corrected chi connectivity index (χ0v) is 13.2. The number of carbonyl (C=O) groups excluding carboxylic acids is 2. The Hall–Kier alpha value is -2.38. The van der Waals surface area contributed by atoms with Crippen molar-refractivity contribution in [2.45, 2.75) is 13.5 Å². The number of hydrogen-bond acceptors (Lipinski definition) is 6. The third kappa shape index (κ3) is 4.54. The highest BCUT2D eigenvalue weighted by atomic mass is 16.7. The first-order valence-corrected chi connectivity index (χ1v) is 7.20. The minimum atomic E-state index is -0.264. The average molecular weight is 320 g/mol. The summed E-state index contributed by atoms with van der Waals surface area (Å²) >= 11 is 0. The van der Waals surface area contributed by atoms with Gasteiger partial charge in [0.15, 0.2) is 12.6 Å². The number of allylic oxidation sites excluding steroid dienone is 1. The van der Waals surface area contributed by atoms with E-state index in [1.54, 1.807) is 25.4 Å². The van der Waals surface area contributed by atoms with Gasteiger partial charge in [0.1, 0.15) is 5.75 Å². The average Bonchev–Trinajstić information content (AvgIpc) is 2.54. The van der Waals surface area contributed by atoms with Crippen LogP contribution in [0.4, 0.5) is 5.69 Å². The summed E-state index contributed by atoms with van der Waals surface area (Å²) in [6.07, 6.45) is 2.97. The number of anilines is 1. The number of nitrogens with one attached hydrogen (secondary N) is 2. The molecule has 0 aliphatic carbocycles. The third-order valence-corrected chi connectivity index (χ3v) is 3.18. The van der Waals surface area contributed by atoms with E-state index < -0.39 is 0 Å². The fourth-order valence-electron chi connectivity index (χ4n) is 2.15. The maximum atomic E-state index is 12.4. The molecule has 7 nitrogen and oxygen atoms in total. The molecule has 7 heteroatoms. The summed E-state index contributed by atoms with van der Waals surface area (Å²) in [5.41, 5.74) is 1.48. The monoisotopic (exact) mass is 320 g/mol. The SMILES string of the molecule is COCCNC=CC(=O)c1ccc2c(c1NC(C)=O)COCO2. The summed E-state index contributed by atoms with van der Waals surface area (Å²) in [6, 6.07) is 3.35. The van der Waals surface area contributed by atoms with Crippen molar-refractivity contribution in [3.05, 3.63) is 35.5 Å². The lowest BCUT2D eigenvalue weighted by Crippen LogP contribution is -2.18. The predicted molar refractivity (Wildman–Crippen MR) is 84.4 cm³/mol. The summed E-state index contributed by atoms with van der Waals surface area (Å²) < 4.78 is 15.5. The molecule has 0 atom stereocenters. The number of methoxy groups -OCH3 is 1. The molecule has 0 unspecified atom stereocenters. The zero-order chi connectivity index (χ0) is 16.7. The number of ketones is 1. The first kappa shape index (κ1) is 17.0. The number of hydrogen-bond donors (Lipinski definition) is 2. The van der Waals surface area contributed by atoms with E-state index in [1.807, 2.05) is 0 Å². The Kier molecular flexibility index (Phi) is 6.13. The molecule has 124 valence electrons. The van der Waals surface area contributed by atoms with Crippen LogP contribution in [0.15, 0.2) is 24.4 Å². The number of amides is 1. The molecule has 2 N–H and O–H groups in total. The molecule has 0 aromatic heterocycles. The number of carbonyl (C=O) groups is 2. The van der Waals surface area contributed by atoms with E-state index in [0.717, 1.165) is 0 Å². The lowest BCUT2D eigenvalue weighted by Gasteiger charge is -2.22. The van der Waals surface area contributed by atoms with Gasteiger partial charge in [0.05, 0.1) is 18.9 Å².